The van der Waals surface area contributed by atoms with E-state index in [-0.39, 0.29) is 60.1 Å². The van der Waals surface area contributed by atoms with Crippen molar-refractivity contribution >= 4 is 22.9 Å². The molecule has 0 radical (unpaired) electrons. The molecule has 4 heterocycles. The minimum atomic E-state index is -4.58. The van der Waals surface area contributed by atoms with Crippen LogP contribution in [0.3, 0.4) is 0 Å². The van der Waals surface area contributed by atoms with E-state index in [1.807, 2.05) is 0 Å². The Kier molecular flexibility index (Phi) is 6.94. The Morgan fingerprint density at radius 3 is 2.65 bits per heavy atom. The average Bonchev–Trinajstić information content (AvgIpc) is 3.26. The number of halogens is 3. The number of pyridine rings is 2. The molecular weight excluding hydrogens is 495 g/mol. The second-order valence-electron chi connectivity index (χ2n) is 8.23. The van der Waals surface area contributed by atoms with Gasteiger partial charge >= 0.3 is 11.9 Å². The van der Waals surface area contributed by atoms with Gasteiger partial charge in [0.1, 0.15) is 12.4 Å². The third-order valence-electron chi connectivity index (χ3n) is 5.66. The number of rotatable bonds is 7. The predicted molar refractivity (Wildman–Crippen MR) is 127 cm³/mol. The van der Waals surface area contributed by atoms with Gasteiger partial charge in [0, 0.05) is 37.7 Å². The fraction of sp³-hybridized carbons (Fsp3) is 0.304. The molecule has 0 aliphatic carbocycles. The summed E-state index contributed by atoms with van der Waals surface area (Å²) in [4.78, 5) is 50.3. The van der Waals surface area contributed by atoms with Gasteiger partial charge in [-0.2, -0.15) is 13.2 Å². The van der Waals surface area contributed by atoms with Crippen LogP contribution in [-0.2, 0) is 31.1 Å². The van der Waals surface area contributed by atoms with Crippen LogP contribution in [-0.4, -0.2) is 46.3 Å². The van der Waals surface area contributed by atoms with Crippen molar-refractivity contribution in [3.05, 3.63) is 68.9 Å². The molecule has 0 aliphatic heterocycles. The topological polar surface area (TPSA) is 137 Å². The minimum absolute atomic E-state index is 0.00401. The number of nitrogens with one attached hydrogen (secondary N) is 1. The van der Waals surface area contributed by atoms with Crippen molar-refractivity contribution in [3.8, 4) is 11.3 Å². The summed E-state index contributed by atoms with van der Waals surface area (Å²) in [6, 6.07) is 5.42. The highest BCUT2D eigenvalue weighted by Crippen LogP contribution is 2.33. The second-order valence-corrected chi connectivity index (χ2v) is 8.23. The highest BCUT2D eigenvalue weighted by Gasteiger charge is 2.33. The number of imidazole rings is 1. The van der Waals surface area contributed by atoms with E-state index in [1.165, 1.54) is 53.8 Å². The Hall–Kier alpha value is -4.33. The van der Waals surface area contributed by atoms with Gasteiger partial charge in [-0.1, -0.05) is 6.07 Å². The van der Waals surface area contributed by atoms with Crippen LogP contribution in [0.2, 0.25) is 0 Å². The summed E-state index contributed by atoms with van der Waals surface area (Å²) < 4.78 is 43.2. The van der Waals surface area contributed by atoms with E-state index in [4.69, 9.17) is 5.11 Å². The fourth-order valence-electron chi connectivity index (χ4n) is 3.83. The number of hydrogen-bond acceptors (Lipinski definition) is 7. The largest absolute Gasteiger partial charge is 0.418 e. The molecule has 0 saturated carbocycles. The summed E-state index contributed by atoms with van der Waals surface area (Å²) in [6.07, 6.45) is -1.87. The molecule has 4 rings (SSSR count). The Morgan fingerprint density at radius 2 is 1.95 bits per heavy atom. The van der Waals surface area contributed by atoms with Gasteiger partial charge in [0.2, 0.25) is 5.91 Å². The van der Waals surface area contributed by atoms with Crippen molar-refractivity contribution in [1.29, 1.82) is 0 Å². The van der Waals surface area contributed by atoms with Gasteiger partial charge < -0.3 is 15.0 Å². The van der Waals surface area contributed by atoms with Crippen LogP contribution in [0.1, 0.15) is 17.7 Å². The number of carbonyl (C=O) groups is 1. The van der Waals surface area contributed by atoms with Crippen molar-refractivity contribution in [3.63, 3.8) is 0 Å². The Balaban J connectivity index is 1.60. The summed E-state index contributed by atoms with van der Waals surface area (Å²) in [7, 11) is 1.44. The first-order valence-electron chi connectivity index (χ1n) is 11.1. The lowest BCUT2D eigenvalue weighted by Gasteiger charge is -2.12. The van der Waals surface area contributed by atoms with Crippen LogP contribution in [0.4, 0.5) is 19.0 Å². The van der Waals surface area contributed by atoms with Crippen LogP contribution in [0.25, 0.3) is 22.4 Å². The zero-order valence-electron chi connectivity index (χ0n) is 19.8. The second kappa shape index (κ2) is 9.97. The van der Waals surface area contributed by atoms with E-state index < -0.39 is 28.9 Å². The monoisotopic (exact) mass is 517 g/mol. The first kappa shape index (κ1) is 25.8. The number of aromatic nitrogens is 6. The van der Waals surface area contributed by atoms with E-state index >= 15 is 0 Å². The molecule has 37 heavy (non-hydrogen) atoms. The van der Waals surface area contributed by atoms with E-state index in [1.54, 1.807) is 0 Å². The van der Waals surface area contributed by atoms with Gasteiger partial charge in [0.05, 0.1) is 17.6 Å². The highest BCUT2D eigenvalue weighted by atomic mass is 19.4. The third-order valence-corrected chi connectivity index (χ3v) is 5.66. The molecular formula is C23H22F3N7O4. The summed E-state index contributed by atoms with van der Waals surface area (Å²) in [5.41, 5.74) is -1.87. The standard InChI is InChI=1S/C23H22F3N7O4/c1-13-15(23(24,25)26)9-14(10-27-13)16-5-3-6-17(29-16)30-18(35)11-32-12-28-20-19(32)21(36)33(7-4-8-34)22(37)31(20)2/h3,5-6,9-10,12,34H,4,7-8,11H2,1-2H3,(H,29,30,35). The maximum absolute atomic E-state index is 13.3. The van der Waals surface area contributed by atoms with Crippen molar-refractivity contribution in [2.75, 3.05) is 11.9 Å². The van der Waals surface area contributed by atoms with Gasteiger partial charge in [-0.05, 0) is 31.5 Å². The SMILES string of the molecule is Cc1ncc(-c2cccc(NC(=O)Cn3cnc4c3c(=O)n(CCCO)c(=O)n4C)n2)cc1C(F)(F)F. The van der Waals surface area contributed by atoms with Crippen molar-refractivity contribution in [1.82, 2.24) is 28.7 Å². The lowest BCUT2D eigenvalue weighted by molar-refractivity contribution is -0.138. The maximum Gasteiger partial charge on any atom is 0.418 e. The molecule has 4 aromatic heterocycles. The molecule has 0 spiro atoms. The zero-order valence-corrected chi connectivity index (χ0v) is 19.8. The van der Waals surface area contributed by atoms with Gasteiger partial charge in [-0.15, -0.1) is 0 Å². The number of fused-ring (bicyclic) bond motifs is 1. The molecule has 0 atom stereocenters. The molecule has 0 bridgehead atoms. The lowest BCUT2D eigenvalue weighted by atomic mass is 10.1. The molecule has 1 amide bonds. The van der Waals surface area contributed by atoms with Crippen LogP contribution >= 0.6 is 0 Å². The first-order valence-corrected chi connectivity index (χ1v) is 11.1. The van der Waals surface area contributed by atoms with Crippen LogP contribution in [0, 0.1) is 6.92 Å². The molecule has 4 aromatic rings. The molecule has 0 aliphatic rings. The normalized spacial score (nSPS) is 11.7. The number of aryl methyl sites for hydroxylation is 2. The number of carbonyl (C=O) groups excluding carboxylic acids is 1. The molecule has 0 saturated heterocycles. The Labute approximate surface area is 206 Å². The van der Waals surface area contributed by atoms with E-state index in [2.05, 4.69) is 20.3 Å². The van der Waals surface area contributed by atoms with Gasteiger partial charge in [-0.25, -0.2) is 14.8 Å². The molecule has 14 heteroatoms. The van der Waals surface area contributed by atoms with E-state index in [0.717, 1.165) is 10.6 Å². The minimum Gasteiger partial charge on any atom is -0.396 e. The molecule has 0 unspecified atom stereocenters. The maximum atomic E-state index is 13.3. The summed E-state index contributed by atoms with van der Waals surface area (Å²) >= 11 is 0. The van der Waals surface area contributed by atoms with E-state index in [9.17, 15) is 27.6 Å². The molecule has 0 fully saturated rings. The summed E-state index contributed by atoms with van der Waals surface area (Å²) in [5, 5.41) is 11.6. The number of aliphatic hydroxyl groups is 1. The van der Waals surface area contributed by atoms with E-state index in [0.29, 0.717) is 0 Å². The van der Waals surface area contributed by atoms with Gasteiger partial charge in [0.25, 0.3) is 5.56 Å². The molecule has 194 valence electrons. The molecule has 11 nitrogen and oxygen atoms in total. The highest BCUT2D eigenvalue weighted by molar-refractivity contribution is 5.90. The number of alkyl halides is 3. The Bertz CT molecular complexity index is 1600. The average molecular weight is 517 g/mol. The van der Waals surface area contributed by atoms with Crippen LogP contribution in [0.15, 0.2) is 46.4 Å². The Morgan fingerprint density at radius 1 is 1.19 bits per heavy atom. The van der Waals surface area contributed by atoms with Crippen LogP contribution < -0.4 is 16.6 Å². The number of hydrogen-bond donors (Lipinski definition) is 2. The number of amides is 1. The number of aliphatic hydroxyl groups excluding tert-OH is 1. The predicted octanol–water partition coefficient (Wildman–Crippen LogP) is 1.70. The van der Waals surface area contributed by atoms with Crippen LogP contribution in [0.5, 0.6) is 0 Å². The number of nitrogens with zero attached hydrogens (tertiary/aromatic N) is 6. The van der Waals surface area contributed by atoms with Gasteiger partial charge in [-0.3, -0.25) is 23.7 Å². The first-order chi connectivity index (χ1) is 17.5. The van der Waals surface area contributed by atoms with Crippen molar-refractivity contribution < 1.29 is 23.1 Å². The summed E-state index contributed by atoms with van der Waals surface area (Å²) in [5.74, 6) is -0.508. The molecule has 2 N–H and O–H groups in total. The van der Waals surface area contributed by atoms with Crippen molar-refractivity contribution in [2.24, 2.45) is 7.05 Å². The third kappa shape index (κ3) is 5.14. The summed E-state index contributed by atoms with van der Waals surface area (Å²) in [6.45, 7) is 0.698. The van der Waals surface area contributed by atoms with Gasteiger partial charge in [0.15, 0.2) is 11.2 Å². The zero-order chi connectivity index (χ0) is 26.9. The number of anilines is 1. The smallest absolute Gasteiger partial charge is 0.396 e. The fourth-order valence-corrected chi connectivity index (χ4v) is 3.83. The van der Waals surface area contributed by atoms with Crippen molar-refractivity contribution in [2.45, 2.75) is 32.6 Å². The molecule has 0 aromatic carbocycles. The lowest BCUT2D eigenvalue weighted by Crippen LogP contribution is -2.40. The quantitative estimate of drug-likeness (QED) is 0.381.